The molecule has 33 heavy (non-hydrogen) atoms. The lowest BCUT2D eigenvalue weighted by atomic mass is 9.87. The van der Waals surface area contributed by atoms with Crippen LogP contribution in [0.4, 0.5) is 0 Å². The molecule has 1 amide bonds. The van der Waals surface area contributed by atoms with Crippen LogP contribution in [0, 0.1) is 6.92 Å². The number of carbonyl (C=O) groups excluding carboxylic acids is 1. The summed E-state index contributed by atoms with van der Waals surface area (Å²) in [6.45, 7) is 11.4. The number of hydrogen-bond acceptors (Lipinski definition) is 4. The number of nitrogens with zero attached hydrogens (tertiary/aromatic N) is 5. The van der Waals surface area contributed by atoms with Gasteiger partial charge in [-0.3, -0.25) is 4.79 Å². The van der Waals surface area contributed by atoms with E-state index < -0.39 is 5.54 Å². The van der Waals surface area contributed by atoms with Crippen LogP contribution in [0.3, 0.4) is 0 Å². The van der Waals surface area contributed by atoms with E-state index >= 15 is 0 Å². The molecule has 170 valence electrons. The van der Waals surface area contributed by atoms with Crippen LogP contribution >= 0.6 is 0 Å². The van der Waals surface area contributed by atoms with Crippen molar-refractivity contribution in [3.8, 4) is 5.69 Å². The predicted octanol–water partition coefficient (Wildman–Crippen LogP) is 4.90. The third-order valence-electron chi connectivity index (χ3n) is 6.76. The van der Waals surface area contributed by atoms with Crippen molar-refractivity contribution >= 4 is 16.9 Å². The molecule has 1 aliphatic heterocycles. The molecule has 0 unspecified atom stereocenters. The van der Waals surface area contributed by atoms with E-state index in [1.807, 2.05) is 30.0 Å². The molecule has 2 aromatic carbocycles. The van der Waals surface area contributed by atoms with E-state index in [0.29, 0.717) is 17.8 Å². The van der Waals surface area contributed by atoms with Crippen LogP contribution in [-0.2, 0) is 11.0 Å². The van der Waals surface area contributed by atoms with Gasteiger partial charge in [0, 0.05) is 6.54 Å². The Kier molecular flexibility index (Phi) is 4.88. The Morgan fingerprint density at radius 1 is 1.09 bits per heavy atom. The van der Waals surface area contributed by atoms with E-state index in [1.54, 1.807) is 12.4 Å². The molecule has 3 heterocycles. The second-order valence-corrected chi connectivity index (χ2v) is 10.2. The smallest absolute Gasteiger partial charge is 0.256 e. The maximum absolute atomic E-state index is 13.9. The molecular weight excluding hydrogens is 412 g/mol. The number of aromatic nitrogens is 5. The number of likely N-dealkylation sites (tertiary alicyclic amines) is 1. The predicted molar refractivity (Wildman–Crippen MR) is 129 cm³/mol. The molecule has 1 fully saturated rings. The van der Waals surface area contributed by atoms with Gasteiger partial charge in [-0.05, 0) is 61.9 Å². The van der Waals surface area contributed by atoms with Gasteiger partial charge in [0.25, 0.3) is 5.91 Å². The first-order valence-electron chi connectivity index (χ1n) is 11.5. The molecule has 0 saturated carbocycles. The number of aromatic amines is 1. The SMILES string of the molecule is Cc1ccc(-n2nccn2)c(C(=O)N2CCC[C@@]2(C)c2nc3ccc(C(C)(C)C)cc3[nH]2)c1. The molecule has 2 aromatic heterocycles. The molecule has 1 atom stereocenters. The fraction of sp³-hybridized carbons (Fsp3) is 0.385. The number of nitrogens with one attached hydrogen (secondary N) is 1. The maximum atomic E-state index is 13.9. The normalized spacial score (nSPS) is 18.9. The van der Waals surface area contributed by atoms with Crippen LogP contribution in [0.5, 0.6) is 0 Å². The minimum absolute atomic E-state index is 0.0261. The Hall–Kier alpha value is -3.48. The topological polar surface area (TPSA) is 79.7 Å². The molecule has 0 radical (unpaired) electrons. The fourth-order valence-corrected chi connectivity index (χ4v) is 4.75. The zero-order valence-corrected chi connectivity index (χ0v) is 19.9. The highest BCUT2D eigenvalue weighted by atomic mass is 16.2. The first-order valence-corrected chi connectivity index (χ1v) is 11.5. The average molecular weight is 443 g/mol. The van der Waals surface area contributed by atoms with E-state index in [1.165, 1.54) is 10.4 Å². The Bertz CT molecular complexity index is 1330. The molecule has 0 spiro atoms. The quantitative estimate of drug-likeness (QED) is 0.489. The largest absolute Gasteiger partial charge is 0.340 e. The second-order valence-electron chi connectivity index (χ2n) is 10.2. The van der Waals surface area contributed by atoms with Crippen molar-refractivity contribution in [1.82, 2.24) is 29.9 Å². The number of rotatable bonds is 3. The molecule has 7 nitrogen and oxygen atoms in total. The van der Waals surface area contributed by atoms with Gasteiger partial charge in [-0.2, -0.15) is 15.0 Å². The van der Waals surface area contributed by atoms with E-state index in [2.05, 4.69) is 61.1 Å². The summed E-state index contributed by atoms with van der Waals surface area (Å²) >= 11 is 0. The minimum atomic E-state index is -0.517. The number of hydrogen-bond donors (Lipinski definition) is 1. The van der Waals surface area contributed by atoms with Crippen LogP contribution in [-0.4, -0.2) is 42.3 Å². The van der Waals surface area contributed by atoms with E-state index in [9.17, 15) is 4.79 Å². The number of H-pyrrole nitrogens is 1. The van der Waals surface area contributed by atoms with Gasteiger partial charge in [-0.15, -0.1) is 0 Å². The number of amides is 1. The van der Waals surface area contributed by atoms with Gasteiger partial charge in [0.15, 0.2) is 0 Å². The van der Waals surface area contributed by atoms with Crippen LogP contribution in [0.1, 0.15) is 67.8 Å². The van der Waals surface area contributed by atoms with Crippen LogP contribution in [0.15, 0.2) is 48.8 Å². The summed E-state index contributed by atoms with van der Waals surface area (Å²) in [6, 6.07) is 12.2. The summed E-state index contributed by atoms with van der Waals surface area (Å²) in [6.07, 6.45) is 5.02. The zero-order valence-electron chi connectivity index (χ0n) is 19.9. The number of fused-ring (bicyclic) bond motifs is 1. The van der Waals surface area contributed by atoms with Crippen LogP contribution in [0.2, 0.25) is 0 Å². The summed E-state index contributed by atoms with van der Waals surface area (Å²) in [5.41, 5.74) is 5.04. The monoisotopic (exact) mass is 442 g/mol. The lowest BCUT2D eigenvalue weighted by Crippen LogP contribution is -2.44. The van der Waals surface area contributed by atoms with Crippen molar-refractivity contribution in [2.75, 3.05) is 6.54 Å². The van der Waals surface area contributed by atoms with Gasteiger partial charge in [-0.25, -0.2) is 4.98 Å². The van der Waals surface area contributed by atoms with E-state index in [-0.39, 0.29) is 11.3 Å². The lowest BCUT2D eigenvalue weighted by Gasteiger charge is -2.34. The molecule has 0 bridgehead atoms. The van der Waals surface area contributed by atoms with E-state index in [0.717, 1.165) is 35.3 Å². The first kappa shape index (κ1) is 21.4. The van der Waals surface area contributed by atoms with Gasteiger partial charge in [-0.1, -0.05) is 38.5 Å². The minimum Gasteiger partial charge on any atom is -0.340 e. The molecular formula is C26H30N6O. The van der Waals surface area contributed by atoms with Crippen molar-refractivity contribution in [3.63, 3.8) is 0 Å². The molecule has 1 aliphatic rings. The van der Waals surface area contributed by atoms with Crippen LogP contribution in [0.25, 0.3) is 16.7 Å². The second kappa shape index (κ2) is 7.54. The van der Waals surface area contributed by atoms with Crippen LogP contribution < -0.4 is 0 Å². The summed E-state index contributed by atoms with van der Waals surface area (Å²) in [4.78, 5) is 25.9. The fourth-order valence-electron chi connectivity index (χ4n) is 4.75. The third kappa shape index (κ3) is 3.61. The summed E-state index contributed by atoms with van der Waals surface area (Å²) in [5.74, 6) is 0.808. The number of aryl methyl sites for hydroxylation is 1. The standard InChI is InChI=1S/C26H30N6O/c1-17-7-10-22(32-27-12-13-28-32)19(15-17)23(33)31-14-6-11-26(31,5)24-29-20-9-8-18(25(2,3)4)16-21(20)30-24/h7-10,12-13,15-16H,6,11,14H2,1-5H3,(H,29,30)/t26-/m0/s1. The van der Waals surface area contributed by atoms with Crippen molar-refractivity contribution in [2.24, 2.45) is 0 Å². The lowest BCUT2D eigenvalue weighted by molar-refractivity contribution is 0.0605. The summed E-state index contributed by atoms with van der Waals surface area (Å²) in [5, 5.41) is 8.51. The van der Waals surface area contributed by atoms with Gasteiger partial charge in [0.05, 0.1) is 40.2 Å². The first-order chi connectivity index (χ1) is 15.7. The van der Waals surface area contributed by atoms with Gasteiger partial charge < -0.3 is 9.88 Å². The highest BCUT2D eigenvalue weighted by Gasteiger charge is 2.44. The summed E-state index contributed by atoms with van der Waals surface area (Å²) < 4.78 is 0. The Labute approximate surface area is 193 Å². The van der Waals surface area contributed by atoms with Gasteiger partial charge in [0.1, 0.15) is 5.82 Å². The highest BCUT2D eigenvalue weighted by Crippen LogP contribution is 2.39. The van der Waals surface area contributed by atoms with Gasteiger partial charge in [0.2, 0.25) is 0 Å². The van der Waals surface area contributed by atoms with Crippen molar-refractivity contribution < 1.29 is 4.79 Å². The Balaban J connectivity index is 1.56. The molecule has 4 aromatic rings. The average Bonchev–Trinajstić information content (AvgIpc) is 3.52. The number of carbonyl (C=O) groups is 1. The molecule has 1 N–H and O–H groups in total. The molecule has 1 saturated heterocycles. The molecule has 0 aliphatic carbocycles. The molecule has 7 heteroatoms. The van der Waals surface area contributed by atoms with Gasteiger partial charge >= 0.3 is 0 Å². The highest BCUT2D eigenvalue weighted by molar-refractivity contribution is 5.98. The number of imidazole rings is 1. The van der Waals surface area contributed by atoms with E-state index in [4.69, 9.17) is 4.98 Å². The maximum Gasteiger partial charge on any atom is 0.256 e. The summed E-state index contributed by atoms with van der Waals surface area (Å²) in [7, 11) is 0. The van der Waals surface area contributed by atoms with Crippen molar-refractivity contribution in [3.05, 3.63) is 71.3 Å². The molecule has 5 rings (SSSR count). The van der Waals surface area contributed by atoms with Crippen molar-refractivity contribution in [2.45, 2.75) is 58.4 Å². The zero-order chi connectivity index (χ0) is 23.4. The third-order valence-corrected chi connectivity index (χ3v) is 6.76. The van der Waals surface area contributed by atoms with Crippen molar-refractivity contribution in [1.29, 1.82) is 0 Å². The Morgan fingerprint density at radius 3 is 2.58 bits per heavy atom. The Morgan fingerprint density at radius 2 is 1.85 bits per heavy atom. The number of benzene rings is 2.